The Balaban J connectivity index is 0. The summed E-state index contributed by atoms with van der Waals surface area (Å²) in [5.41, 5.74) is 2.74. The molecule has 0 saturated carbocycles. The Morgan fingerprint density at radius 1 is 1.16 bits per heavy atom. The van der Waals surface area contributed by atoms with E-state index in [0.29, 0.717) is 0 Å². The molecular weight excluding hydrogens is 287 g/mol. The first-order valence-electron chi connectivity index (χ1n) is 4.70. The molecule has 0 unspecified atom stereocenters. The Morgan fingerprint density at radius 2 is 1.37 bits per heavy atom. The minimum atomic E-state index is -5.08. The fourth-order valence-electron chi connectivity index (χ4n) is 0.663. The molecule has 0 aromatic heterocycles. The fourth-order valence-corrected chi connectivity index (χ4v) is 0.663. The van der Waals surface area contributed by atoms with Crippen LogP contribution in [0.1, 0.15) is 11.1 Å². The van der Waals surface area contributed by atoms with E-state index in [2.05, 4.69) is 43.3 Å². The number of hydrogen-bond acceptors (Lipinski definition) is 3. The molecule has 1 aromatic rings. The van der Waals surface area contributed by atoms with Gasteiger partial charge in [-0.05, 0) is 25.0 Å². The van der Waals surface area contributed by atoms with E-state index in [-0.39, 0.29) is 0 Å². The van der Waals surface area contributed by atoms with Crippen LogP contribution in [0.4, 0.5) is 13.2 Å². The van der Waals surface area contributed by atoms with Gasteiger partial charge in [-0.15, -0.1) is 0 Å². The average molecular weight is 301 g/mol. The Hall–Kier alpha value is -1.61. The van der Waals surface area contributed by atoms with Crippen molar-refractivity contribution in [3.05, 3.63) is 35.4 Å². The highest BCUT2D eigenvalue weighted by Gasteiger charge is 2.38. The van der Waals surface area contributed by atoms with Crippen molar-refractivity contribution in [1.82, 2.24) is 0 Å². The van der Waals surface area contributed by atoms with Crippen molar-refractivity contribution in [3.63, 3.8) is 0 Å². The van der Waals surface area contributed by atoms with Crippen molar-refractivity contribution >= 4 is 16.9 Å². The number of carboxylic acids is 1. The van der Waals surface area contributed by atoms with Crippen LogP contribution >= 0.6 is 0 Å². The van der Waals surface area contributed by atoms with Gasteiger partial charge in [0.15, 0.2) is 10.9 Å². The molecule has 0 saturated heterocycles. The summed E-state index contributed by atoms with van der Waals surface area (Å²) in [5.74, 6) is -2.76. The smallest absolute Gasteiger partial charge is 0.475 e. The molecule has 5 nitrogen and oxygen atoms in total. The second-order valence-electron chi connectivity index (χ2n) is 3.17. The summed E-state index contributed by atoms with van der Waals surface area (Å²) in [6, 6.07) is 8.36. The molecule has 0 radical (unpaired) electrons. The maximum absolute atomic E-state index is 10.6. The minimum absolute atomic E-state index is 1.37. The van der Waals surface area contributed by atoms with E-state index in [1.807, 2.05) is 0 Å². The number of benzene rings is 1. The van der Waals surface area contributed by atoms with Gasteiger partial charge in [-0.3, -0.25) is 0 Å². The Labute approximate surface area is 109 Å². The number of carboxylic acid groups (broad SMARTS) is 1. The van der Waals surface area contributed by atoms with E-state index in [1.54, 1.807) is 0 Å². The monoisotopic (exact) mass is 301 g/mol. The number of hydrogen-bond donors (Lipinski definition) is 3. The van der Waals surface area contributed by atoms with Crippen molar-refractivity contribution in [2.45, 2.75) is 20.0 Å². The van der Waals surface area contributed by atoms with Crippen LogP contribution in [0.2, 0.25) is 0 Å². The van der Waals surface area contributed by atoms with Gasteiger partial charge in [-0.1, -0.05) is 24.3 Å². The largest absolute Gasteiger partial charge is 0.490 e. The highest BCUT2D eigenvalue weighted by Crippen LogP contribution is 2.13. The van der Waals surface area contributed by atoms with E-state index < -0.39 is 23.0 Å². The molecule has 1 rings (SSSR count). The lowest BCUT2D eigenvalue weighted by molar-refractivity contribution is -0.192. The van der Waals surface area contributed by atoms with Gasteiger partial charge in [0.25, 0.3) is 0 Å². The predicted molar refractivity (Wildman–Crippen MR) is 64.1 cm³/mol. The van der Waals surface area contributed by atoms with Crippen LogP contribution in [0, 0.1) is 13.8 Å². The summed E-state index contributed by atoms with van der Waals surface area (Å²) in [7, 11) is -2.62. The van der Waals surface area contributed by atoms with Gasteiger partial charge in [0.05, 0.1) is 0 Å². The number of thiol groups is 1. The molecular formula is C10H14F3NO4S. The van der Waals surface area contributed by atoms with Gasteiger partial charge in [0.2, 0.25) is 0 Å². The van der Waals surface area contributed by atoms with Crippen molar-refractivity contribution in [2.75, 3.05) is 0 Å². The van der Waals surface area contributed by atoms with Gasteiger partial charge in [0.1, 0.15) is 0 Å². The van der Waals surface area contributed by atoms with Gasteiger partial charge >= 0.3 is 12.1 Å². The summed E-state index contributed by atoms with van der Waals surface area (Å²) in [6.07, 6.45) is -5.08. The zero-order valence-corrected chi connectivity index (χ0v) is 11.0. The SMILES string of the molecule is Cc1ccccc1C.N[SH](=O)=O.O=C(O)C(F)(F)F. The standard InChI is InChI=1S/C8H10.C2HF3O2.H3NO2S/c1-7-5-3-4-6-8(7)2;3-2(4,5)1(6)7;1-4(2)3/h3-6H,1-2H3;(H,6,7);4H,(H2,1,2,3). The predicted octanol–water partition coefficient (Wildman–Crippen LogP) is 1.41. The van der Waals surface area contributed by atoms with Crippen LogP contribution in [-0.2, 0) is 15.7 Å². The molecule has 110 valence electrons. The van der Waals surface area contributed by atoms with Crippen molar-refractivity contribution in [2.24, 2.45) is 5.14 Å². The van der Waals surface area contributed by atoms with Gasteiger partial charge in [-0.2, -0.15) is 13.2 Å². The number of aliphatic carboxylic acids is 1. The third-order valence-corrected chi connectivity index (χ3v) is 1.67. The summed E-state index contributed by atoms with van der Waals surface area (Å²) in [4.78, 5) is 8.90. The highest BCUT2D eigenvalue weighted by molar-refractivity contribution is 7.69. The maximum atomic E-state index is 10.6. The molecule has 0 amide bonds. The lowest BCUT2D eigenvalue weighted by atomic mass is 10.1. The molecule has 19 heavy (non-hydrogen) atoms. The Bertz CT molecular complexity index is 443. The van der Waals surface area contributed by atoms with E-state index in [1.165, 1.54) is 11.1 Å². The molecule has 0 bridgehead atoms. The van der Waals surface area contributed by atoms with Crippen LogP contribution in [-0.4, -0.2) is 25.7 Å². The van der Waals surface area contributed by atoms with Gasteiger partial charge < -0.3 is 5.11 Å². The third-order valence-electron chi connectivity index (χ3n) is 1.67. The quantitative estimate of drug-likeness (QED) is 0.631. The van der Waals surface area contributed by atoms with E-state index >= 15 is 0 Å². The summed E-state index contributed by atoms with van der Waals surface area (Å²) in [5, 5.41) is 11.2. The van der Waals surface area contributed by atoms with E-state index in [9.17, 15) is 13.2 Å². The van der Waals surface area contributed by atoms with Crippen LogP contribution in [0.3, 0.4) is 0 Å². The molecule has 1 aromatic carbocycles. The second-order valence-corrected chi connectivity index (χ2v) is 3.74. The lowest BCUT2D eigenvalue weighted by Crippen LogP contribution is -2.21. The molecule has 0 aliphatic carbocycles. The first-order valence-corrected chi connectivity index (χ1v) is 5.94. The van der Waals surface area contributed by atoms with Gasteiger partial charge in [0, 0.05) is 0 Å². The molecule has 0 fully saturated rings. The van der Waals surface area contributed by atoms with Crippen molar-refractivity contribution < 1.29 is 31.5 Å². The van der Waals surface area contributed by atoms with Crippen molar-refractivity contribution in [1.29, 1.82) is 0 Å². The third kappa shape index (κ3) is 14.3. The molecule has 0 heterocycles. The van der Waals surface area contributed by atoms with Gasteiger partial charge in [-0.25, -0.2) is 18.4 Å². The zero-order valence-electron chi connectivity index (χ0n) is 10.1. The average Bonchev–Trinajstić information content (AvgIpc) is 2.21. The van der Waals surface area contributed by atoms with E-state index in [0.717, 1.165) is 0 Å². The molecule has 0 spiro atoms. The molecule has 0 aliphatic heterocycles. The topological polar surface area (TPSA) is 97.5 Å². The first kappa shape index (κ1) is 19.7. The molecule has 0 atom stereocenters. The van der Waals surface area contributed by atoms with Crippen LogP contribution in [0.25, 0.3) is 0 Å². The lowest BCUT2D eigenvalue weighted by Gasteiger charge is -1.93. The highest BCUT2D eigenvalue weighted by atomic mass is 32.2. The molecule has 9 heteroatoms. The van der Waals surface area contributed by atoms with E-state index in [4.69, 9.17) is 18.3 Å². The number of aryl methyl sites for hydroxylation is 2. The number of alkyl halides is 3. The summed E-state index contributed by atoms with van der Waals surface area (Å²) < 4.78 is 49.4. The number of halogens is 3. The Kier molecular flexibility index (Phi) is 9.69. The van der Waals surface area contributed by atoms with Crippen LogP contribution in [0.15, 0.2) is 24.3 Å². The number of nitrogens with two attached hydrogens (primary N) is 1. The van der Waals surface area contributed by atoms with Crippen molar-refractivity contribution in [3.8, 4) is 0 Å². The molecule has 3 N–H and O–H groups in total. The van der Waals surface area contributed by atoms with Crippen LogP contribution in [0.5, 0.6) is 0 Å². The maximum Gasteiger partial charge on any atom is 0.490 e. The zero-order chi connectivity index (χ0) is 15.6. The Morgan fingerprint density at radius 3 is 1.47 bits per heavy atom. The van der Waals surface area contributed by atoms with Crippen LogP contribution < -0.4 is 5.14 Å². The summed E-state index contributed by atoms with van der Waals surface area (Å²) >= 11 is 0. The number of rotatable bonds is 0. The summed E-state index contributed by atoms with van der Waals surface area (Å²) in [6.45, 7) is 4.24. The molecule has 0 aliphatic rings. The minimum Gasteiger partial charge on any atom is -0.475 e. The second kappa shape index (κ2) is 9.34. The fraction of sp³-hybridized carbons (Fsp3) is 0.300. The first-order chi connectivity index (χ1) is 8.48. The normalized spacial score (nSPS) is 9.84. The number of carbonyl (C=O) groups is 1.